The number of para-hydroxylation sites is 2. The molecule has 0 saturated carbocycles. The summed E-state index contributed by atoms with van der Waals surface area (Å²) < 4.78 is 0. The number of rotatable bonds is 7. The lowest BCUT2D eigenvalue weighted by Gasteiger charge is -2.34. The molecule has 7 nitrogen and oxygen atoms in total. The predicted octanol–water partition coefficient (Wildman–Crippen LogP) is 4.05. The number of benzene rings is 2. The van der Waals surface area contributed by atoms with E-state index in [-0.39, 0.29) is 11.7 Å². The maximum absolute atomic E-state index is 13.1. The summed E-state index contributed by atoms with van der Waals surface area (Å²) in [5.74, 6) is 0.785. The molecule has 172 valence electrons. The highest BCUT2D eigenvalue weighted by molar-refractivity contribution is 5.96. The maximum Gasteiger partial charge on any atom is 0.272 e. The van der Waals surface area contributed by atoms with Crippen LogP contribution >= 0.6 is 0 Å². The molecule has 3 heterocycles. The molecular weight excluding hydrogens is 426 g/mol. The molecule has 0 unspecified atom stereocenters. The van der Waals surface area contributed by atoms with Crippen molar-refractivity contribution in [3.63, 3.8) is 0 Å². The zero-order valence-corrected chi connectivity index (χ0v) is 19.0. The number of carbonyl (C=O) groups excluding carboxylic acids is 2. The predicted molar refractivity (Wildman–Crippen MR) is 132 cm³/mol. The van der Waals surface area contributed by atoms with Crippen molar-refractivity contribution in [2.45, 2.75) is 12.8 Å². The zero-order valence-electron chi connectivity index (χ0n) is 19.0. The number of pyridine rings is 1. The molecular formula is C27H27N5O2. The molecule has 2 aromatic carbocycles. The summed E-state index contributed by atoms with van der Waals surface area (Å²) in [5, 5.41) is 0. The third kappa shape index (κ3) is 4.89. The fourth-order valence-corrected chi connectivity index (χ4v) is 4.33. The molecule has 0 atom stereocenters. The number of Topliss-reactive ketones (excluding diaryl/α,β-unsaturated/α-hetero) is 1. The van der Waals surface area contributed by atoms with Crippen molar-refractivity contribution in [1.29, 1.82) is 0 Å². The lowest BCUT2D eigenvalue weighted by molar-refractivity contribution is 0.0629. The smallest absolute Gasteiger partial charge is 0.272 e. The molecule has 0 bridgehead atoms. The van der Waals surface area contributed by atoms with E-state index in [0.717, 1.165) is 42.7 Å². The van der Waals surface area contributed by atoms with E-state index in [1.807, 2.05) is 71.6 Å². The monoisotopic (exact) mass is 453 g/mol. The number of hydrogen-bond donors (Lipinski definition) is 1. The van der Waals surface area contributed by atoms with E-state index < -0.39 is 0 Å². The van der Waals surface area contributed by atoms with Crippen molar-refractivity contribution in [2.75, 3.05) is 32.7 Å². The number of carbonyl (C=O) groups is 2. The minimum atomic E-state index is -0.0585. The molecule has 7 heteroatoms. The van der Waals surface area contributed by atoms with Gasteiger partial charge in [0.05, 0.1) is 11.0 Å². The summed E-state index contributed by atoms with van der Waals surface area (Å²) in [6.45, 7) is 3.77. The Labute approximate surface area is 198 Å². The summed E-state index contributed by atoms with van der Waals surface area (Å²) in [7, 11) is 0. The lowest BCUT2D eigenvalue weighted by Crippen LogP contribution is -2.49. The highest BCUT2D eigenvalue weighted by Gasteiger charge is 2.23. The molecule has 1 saturated heterocycles. The van der Waals surface area contributed by atoms with Gasteiger partial charge in [0, 0.05) is 38.2 Å². The van der Waals surface area contributed by atoms with E-state index in [4.69, 9.17) is 0 Å². The Morgan fingerprint density at radius 3 is 2.38 bits per heavy atom. The molecule has 1 N–H and O–H groups in total. The molecule has 5 rings (SSSR count). The number of imidazole rings is 1. The van der Waals surface area contributed by atoms with Crippen LogP contribution in [0.5, 0.6) is 0 Å². The van der Waals surface area contributed by atoms with Gasteiger partial charge in [-0.05, 0) is 37.2 Å². The van der Waals surface area contributed by atoms with Gasteiger partial charge >= 0.3 is 0 Å². The highest BCUT2D eigenvalue weighted by atomic mass is 16.2. The van der Waals surface area contributed by atoms with Gasteiger partial charge in [0.2, 0.25) is 0 Å². The van der Waals surface area contributed by atoms with Crippen LogP contribution in [0.3, 0.4) is 0 Å². The SMILES string of the molecule is O=C(CCCN1CCN(C(=O)c2cccc(-c3nc4ccccc4[nH]3)n2)CC1)c1ccccc1. The molecule has 1 aliphatic rings. The van der Waals surface area contributed by atoms with E-state index in [1.54, 1.807) is 6.07 Å². The van der Waals surface area contributed by atoms with Gasteiger partial charge in [0.15, 0.2) is 11.6 Å². The van der Waals surface area contributed by atoms with Gasteiger partial charge in [0.1, 0.15) is 11.4 Å². The number of aromatic amines is 1. The van der Waals surface area contributed by atoms with Crippen molar-refractivity contribution in [2.24, 2.45) is 0 Å². The third-order valence-corrected chi connectivity index (χ3v) is 6.23. The fraction of sp³-hybridized carbons (Fsp3) is 0.259. The van der Waals surface area contributed by atoms with Gasteiger partial charge < -0.3 is 9.88 Å². The number of piperazine rings is 1. The summed E-state index contributed by atoms with van der Waals surface area (Å²) in [6.07, 6.45) is 1.37. The van der Waals surface area contributed by atoms with Gasteiger partial charge in [-0.3, -0.25) is 14.5 Å². The van der Waals surface area contributed by atoms with E-state index in [2.05, 4.69) is 19.9 Å². The summed E-state index contributed by atoms with van der Waals surface area (Å²) in [4.78, 5) is 42.0. The van der Waals surface area contributed by atoms with Crippen LogP contribution in [0.25, 0.3) is 22.6 Å². The molecule has 1 amide bonds. The molecule has 0 radical (unpaired) electrons. The number of amides is 1. The Bertz CT molecular complexity index is 1260. The number of aromatic nitrogens is 3. The van der Waals surface area contributed by atoms with Crippen LogP contribution < -0.4 is 0 Å². The number of nitrogens with zero attached hydrogens (tertiary/aromatic N) is 4. The first-order chi connectivity index (χ1) is 16.7. The highest BCUT2D eigenvalue weighted by Crippen LogP contribution is 2.19. The first-order valence-corrected chi connectivity index (χ1v) is 11.7. The van der Waals surface area contributed by atoms with Crippen molar-refractivity contribution in [1.82, 2.24) is 24.8 Å². The van der Waals surface area contributed by atoms with Crippen LogP contribution in [-0.2, 0) is 0 Å². The van der Waals surface area contributed by atoms with Crippen LogP contribution in [0, 0.1) is 0 Å². The summed E-state index contributed by atoms with van der Waals surface area (Å²) in [6, 6.07) is 22.7. The molecule has 0 spiro atoms. The van der Waals surface area contributed by atoms with Gasteiger partial charge in [0.25, 0.3) is 5.91 Å². The average molecular weight is 454 g/mol. The second-order valence-corrected chi connectivity index (χ2v) is 8.54. The number of fused-ring (bicyclic) bond motifs is 1. The first kappa shape index (κ1) is 22.0. The number of hydrogen-bond acceptors (Lipinski definition) is 5. The summed E-state index contributed by atoms with van der Waals surface area (Å²) in [5.41, 5.74) is 3.68. The number of H-pyrrole nitrogens is 1. The normalized spacial score (nSPS) is 14.4. The van der Waals surface area contributed by atoms with Gasteiger partial charge in [-0.1, -0.05) is 48.5 Å². The minimum Gasteiger partial charge on any atom is -0.337 e. The molecule has 4 aromatic rings. The Balaban J connectivity index is 1.14. The topological polar surface area (TPSA) is 82.2 Å². The molecule has 1 aliphatic heterocycles. The number of nitrogens with one attached hydrogen (secondary N) is 1. The first-order valence-electron chi connectivity index (χ1n) is 11.7. The Kier molecular flexibility index (Phi) is 6.44. The molecule has 2 aromatic heterocycles. The van der Waals surface area contributed by atoms with Gasteiger partial charge in [-0.2, -0.15) is 0 Å². The van der Waals surface area contributed by atoms with E-state index in [9.17, 15) is 9.59 Å². The lowest BCUT2D eigenvalue weighted by atomic mass is 10.1. The van der Waals surface area contributed by atoms with E-state index in [0.29, 0.717) is 36.7 Å². The van der Waals surface area contributed by atoms with Crippen molar-refractivity contribution in [3.8, 4) is 11.5 Å². The van der Waals surface area contributed by atoms with Crippen LogP contribution in [-0.4, -0.2) is 69.2 Å². The van der Waals surface area contributed by atoms with Crippen LogP contribution in [0.1, 0.15) is 33.7 Å². The number of ketones is 1. The second-order valence-electron chi connectivity index (χ2n) is 8.54. The molecule has 1 fully saturated rings. The van der Waals surface area contributed by atoms with E-state index >= 15 is 0 Å². The van der Waals surface area contributed by atoms with Gasteiger partial charge in [-0.25, -0.2) is 9.97 Å². The minimum absolute atomic E-state index is 0.0585. The van der Waals surface area contributed by atoms with Crippen molar-refractivity contribution >= 4 is 22.7 Å². The van der Waals surface area contributed by atoms with Crippen molar-refractivity contribution < 1.29 is 9.59 Å². The standard InChI is InChI=1S/C27H27N5O2/c33-25(20-8-2-1-3-9-20)14-7-15-31-16-18-32(19-17-31)27(34)24-13-6-12-23(28-24)26-29-21-10-4-5-11-22(21)30-26/h1-6,8-13H,7,14-19H2,(H,29,30). The zero-order chi connectivity index (χ0) is 23.3. The van der Waals surface area contributed by atoms with E-state index in [1.165, 1.54) is 0 Å². The average Bonchev–Trinajstić information content (AvgIpc) is 3.34. The Hall–Kier alpha value is -3.84. The third-order valence-electron chi connectivity index (χ3n) is 6.23. The summed E-state index contributed by atoms with van der Waals surface area (Å²) >= 11 is 0. The fourth-order valence-electron chi connectivity index (χ4n) is 4.33. The van der Waals surface area contributed by atoms with Crippen LogP contribution in [0.2, 0.25) is 0 Å². The Morgan fingerprint density at radius 2 is 1.59 bits per heavy atom. The van der Waals surface area contributed by atoms with Gasteiger partial charge in [-0.15, -0.1) is 0 Å². The Morgan fingerprint density at radius 1 is 0.824 bits per heavy atom. The second kappa shape index (κ2) is 9.97. The molecule has 0 aliphatic carbocycles. The van der Waals surface area contributed by atoms with Crippen LogP contribution in [0.4, 0.5) is 0 Å². The largest absolute Gasteiger partial charge is 0.337 e. The van der Waals surface area contributed by atoms with Crippen molar-refractivity contribution in [3.05, 3.63) is 84.1 Å². The quantitative estimate of drug-likeness (QED) is 0.427. The van der Waals surface area contributed by atoms with Crippen LogP contribution in [0.15, 0.2) is 72.8 Å². The molecule has 34 heavy (non-hydrogen) atoms. The maximum atomic E-state index is 13.1.